The molecule has 4 N–H and O–H groups in total. The van der Waals surface area contributed by atoms with Crippen molar-refractivity contribution < 1.29 is 13.8 Å². The van der Waals surface area contributed by atoms with Gasteiger partial charge in [-0.1, -0.05) is 19.1 Å². The maximum atomic E-state index is 12.0. The zero-order valence-electron chi connectivity index (χ0n) is 13.1. The Labute approximate surface area is 140 Å². The zero-order chi connectivity index (χ0) is 17.9. The first-order valence-electron chi connectivity index (χ1n) is 7.01. The normalized spacial score (nSPS) is 11.8. The molecule has 0 aliphatic rings. The molecule has 1 aromatic carbocycles. The van der Waals surface area contributed by atoms with Gasteiger partial charge in [-0.2, -0.15) is 0 Å². The van der Waals surface area contributed by atoms with E-state index in [9.17, 15) is 18.6 Å². The van der Waals surface area contributed by atoms with Crippen molar-refractivity contribution in [1.29, 1.82) is 0 Å². The number of primary amides is 1. The molecule has 0 fully saturated rings. The number of carbonyl (C=O) groups is 2. The molecule has 1 heterocycles. The number of hydrogen-bond acceptors (Lipinski definition) is 6. The standard InChI is InChI=1S/C15H16N4O4S/c1-3-10(20)8-5-4-6-9(7-8)17-13-11(12(16)21)14(22)19-15(18-13)24(2)23/h4-7H,3H2,1-2H3,(H2,16,21)(H2,17,18,19,22). The van der Waals surface area contributed by atoms with Crippen molar-refractivity contribution in [2.24, 2.45) is 5.73 Å². The lowest BCUT2D eigenvalue weighted by Crippen LogP contribution is -2.27. The first-order chi connectivity index (χ1) is 11.3. The number of hydrogen-bond donors (Lipinski definition) is 3. The van der Waals surface area contributed by atoms with Crippen LogP contribution in [0.5, 0.6) is 0 Å². The summed E-state index contributed by atoms with van der Waals surface area (Å²) in [5.74, 6) is -1.14. The Kier molecular flexibility index (Phi) is 5.24. The second kappa shape index (κ2) is 7.18. The van der Waals surface area contributed by atoms with Crippen molar-refractivity contribution in [3.8, 4) is 0 Å². The summed E-state index contributed by atoms with van der Waals surface area (Å²) in [5.41, 5.74) is 4.99. The molecule has 0 aliphatic carbocycles. The summed E-state index contributed by atoms with van der Waals surface area (Å²) < 4.78 is 11.6. The summed E-state index contributed by atoms with van der Waals surface area (Å²) in [6.45, 7) is 1.74. The number of anilines is 2. The second-order valence-electron chi connectivity index (χ2n) is 4.90. The van der Waals surface area contributed by atoms with Gasteiger partial charge in [-0.15, -0.1) is 0 Å². The number of aromatic nitrogens is 2. The lowest BCUT2D eigenvalue weighted by atomic mass is 10.1. The number of aromatic amines is 1. The van der Waals surface area contributed by atoms with Crippen LogP contribution in [0.1, 0.15) is 34.1 Å². The van der Waals surface area contributed by atoms with Crippen molar-refractivity contribution >= 4 is 34.0 Å². The van der Waals surface area contributed by atoms with Gasteiger partial charge in [0.1, 0.15) is 5.56 Å². The van der Waals surface area contributed by atoms with Crippen LogP contribution in [0, 0.1) is 0 Å². The molecule has 9 heteroatoms. The minimum atomic E-state index is -1.56. The number of nitrogens with one attached hydrogen (secondary N) is 2. The fourth-order valence-electron chi connectivity index (χ4n) is 2.02. The number of ketones is 1. The van der Waals surface area contributed by atoms with E-state index < -0.39 is 22.3 Å². The molecule has 0 spiro atoms. The number of nitrogens with two attached hydrogens (primary N) is 1. The van der Waals surface area contributed by atoms with E-state index in [0.29, 0.717) is 17.7 Å². The van der Waals surface area contributed by atoms with Gasteiger partial charge in [-0.25, -0.2) is 4.98 Å². The Morgan fingerprint density at radius 3 is 2.67 bits per heavy atom. The fourth-order valence-corrected chi connectivity index (χ4v) is 2.48. The van der Waals surface area contributed by atoms with Crippen LogP contribution in [0.15, 0.2) is 34.2 Å². The monoisotopic (exact) mass is 348 g/mol. The highest BCUT2D eigenvalue weighted by Crippen LogP contribution is 2.19. The van der Waals surface area contributed by atoms with Gasteiger partial charge < -0.3 is 11.1 Å². The van der Waals surface area contributed by atoms with Gasteiger partial charge in [0, 0.05) is 23.9 Å². The van der Waals surface area contributed by atoms with Gasteiger partial charge in [-0.3, -0.25) is 23.6 Å². The number of Topliss-reactive ketones (excluding diaryl/α,β-unsaturated/α-hetero) is 1. The van der Waals surface area contributed by atoms with Crippen molar-refractivity contribution in [3.05, 3.63) is 45.7 Å². The summed E-state index contributed by atoms with van der Waals surface area (Å²) >= 11 is 0. The summed E-state index contributed by atoms with van der Waals surface area (Å²) in [6.07, 6.45) is 1.69. The van der Waals surface area contributed by atoms with Crippen LogP contribution in [0.3, 0.4) is 0 Å². The van der Waals surface area contributed by atoms with Crippen molar-refractivity contribution in [1.82, 2.24) is 9.97 Å². The molecule has 0 radical (unpaired) electrons. The van der Waals surface area contributed by atoms with Gasteiger partial charge in [0.05, 0.1) is 10.8 Å². The summed E-state index contributed by atoms with van der Waals surface area (Å²) in [5, 5.41) is 2.70. The van der Waals surface area contributed by atoms with Crippen LogP contribution in [0.25, 0.3) is 0 Å². The fraction of sp³-hybridized carbons (Fsp3) is 0.200. The molecule has 0 saturated heterocycles. The number of H-pyrrole nitrogens is 1. The van der Waals surface area contributed by atoms with Crippen molar-refractivity contribution in [2.45, 2.75) is 18.5 Å². The first kappa shape index (κ1) is 17.5. The van der Waals surface area contributed by atoms with E-state index in [1.54, 1.807) is 31.2 Å². The van der Waals surface area contributed by atoms with Crippen LogP contribution in [-0.4, -0.2) is 32.1 Å². The maximum Gasteiger partial charge on any atom is 0.266 e. The summed E-state index contributed by atoms with van der Waals surface area (Å²) in [6, 6.07) is 6.52. The molecule has 0 saturated carbocycles. The zero-order valence-corrected chi connectivity index (χ0v) is 13.9. The molecule has 1 amide bonds. The first-order valence-corrected chi connectivity index (χ1v) is 8.57. The SMILES string of the molecule is CCC(=O)c1cccc(Nc2nc(S(C)=O)[nH]c(=O)c2C(N)=O)c1. The molecule has 0 aliphatic heterocycles. The van der Waals surface area contributed by atoms with E-state index in [4.69, 9.17) is 5.73 Å². The molecule has 1 aromatic heterocycles. The molecule has 0 bridgehead atoms. The van der Waals surface area contributed by atoms with E-state index >= 15 is 0 Å². The topological polar surface area (TPSA) is 135 Å². The highest BCUT2D eigenvalue weighted by atomic mass is 32.2. The molecule has 24 heavy (non-hydrogen) atoms. The minimum Gasteiger partial charge on any atom is -0.365 e. The number of amides is 1. The van der Waals surface area contributed by atoms with Gasteiger partial charge >= 0.3 is 0 Å². The molecular weight excluding hydrogens is 332 g/mol. The van der Waals surface area contributed by atoms with E-state index in [-0.39, 0.29) is 22.3 Å². The Balaban J connectivity index is 2.52. The Morgan fingerprint density at radius 1 is 1.38 bits per heavy atom. The van der Waals surface area contributed by atoms with Crippen LogP contribution in [0.2, 0.25) is 0 Å². The number of rotatable bonds is 6. The Bertz CT molecular complexity index is 891. The van der Waals surface area contributed by atoms with E-state index in [1.807, 2.05) is 0 Å². The maximum absolute atomic E-state index is 12.0. The molecule has 2 rings (SSSR count). The lowest BCUT2D eigenvalue weighted by Gasteiger charge is -2.10. The van der Waals surface area contributed by atoms with Crippen LogP contribution >= 0.6 is 0 Å². The predicted molar refractivity (Wildman–Crippen MR) is 90.1 cm³/mol. The lowest BCUT2D eigenvalue weighted by molar-refractivity contribution is 0.0983. The number of carbonyl (C=O) groups excluding carboxylic acids is 2. The van der Waals surface area contributed by atoms with Crippen LogP contribution in [-0.2, 0) is 10.8 Å². The van der Waals surface area contributed by atoms with Crippen LogP contribution < -0.4 is 16.6 Å². The minimum absolute atomic E-state index is 0.0528. The predicted octanol–water partition coefficient (Wildman–Crippen LogP) is 0.943. The van der Waals surface area contributed by atoms with Crippen molar-refractivity contribution in [2.75, 3.05) is 11.6 Å². The van der Waals surface area contributed by atoms with E-state index in [1.165, 1.54) is 6.26 Å². The van der Waals surface area contributed by atoms with E-state index in [2.05, 4.69) is 15.3 Å². The molecular formula is C15H16N4O4S. The van der Waals surface area contributed by atoms with Crippen LogP contribution in [0.4, 0.5) is 11.5 Å². The Hall–Kier alpha value is -2.81. The summed E-state index contributed by atoms with van der Waals surface area (Å²) in [7, 11) is -1.56. The highest BCUT2D eigenvalue weighted by Gasteiger charge is 2.18. The molecule has 1 unspecified atom stereocenters. The third-order valence-corrected chi connectivity index (χ3v) is 3.92. The third-order valence-electron chi connectivity index (χ3n) is 3.18. The smallest absolute Gasteiger partial charge is 0.266 e. The highest BCUT2D eigenvalue weighted by molar-refractivity contribution is 7.84. The van der Waals surface area contributed by atoms with Gasteiger partial charge in [0.15, 0.2) is 11.6 Å². The van der Waals surface area contributed by atoms with Crippen molar-refractivity contribution in [3.63, 3.8) is 0 Å². The van der Waals surface area contributed by atoms with Gasteiger partial charge in [0.2, 0.25) is 5.16 Å². The average Bonchev–Trinajstić information content (AvgIpc) is 2.53. The summed E-state index contributed by atoms with van der Waals surface area (Å²) in [4.78, 5) is 41.6. The average molecular weight is 348 g/mol. The van der Waals surface area contributed by atoms with Gasteiger partial charge in [0.25, 0.3) is 11.5 Å². The molecule has 2 aromatic rings. The third kappa shape index (κ3) is 3.74. The molecule has 126 valence electrons. The van der Waals surface area contributed by atoms with E-state index in [0.717, 1.165) is 0 Å². The molecule has 8 nitrogen and oxygen atoms in total. The number of benzene rings is 1. The quantitative estimate of drug-likeness (QED) is 0.525. The van der Waals surface area contributed by atoms with Gasteiger partial charge in [-0.05, 0) is 12.1 Å². The largest absolute Gasteiger partial charge is 0.365 e. The molecule has 1 atom stereocenters. The number of nitrogens with zero attached hydrogens (tertiary/aromatic N) is 1. The second-order valence-corrected chi connectivity index (χ2v) is 6.19. The Morgan fingerprint density at radius 2 is 2.08 bits per heavy atom.